The van der Waals surface area contributed by atoms with E-state index in [-0.39, 0.29) is 4.47 Å². The highest BCUT2D eigenvalue weighted by atomic mass is 79.9. The van der Waals surface area contributed by atoms with Crippen LogP contribution in [0.4, 0.5) is 14.5 Å². The minimum atomic E-state index is -0.591. The van der Waals surface area contributed by atoms with E-state index >= 15 is 0 Å². The Bertz CT molecular complexity index is 638. The second-order valence-electron chi connectivity index (χ2n) is 5.07. The van der Waals surface area contributed by atoms with Gasteiger partial charge in [-0.05, 0) is 51.9 Å². The molecule has 2 aromatic rings. The van der Waals surface area contributed by atoms with Gasteiger partial charge in [0.25, 0.3) is 0 Å². The van der Waals surface area contributed by atoms with Gasteiger partial charge in [0.1, 0.15) is 11.6 Å². The van der Waals surface area contributed by atoms with Crippen molar-refractivity contribution >= 4 is 21.6 Å². The third-order valence-corrected chi connectivity index (χ3v) is 4.16. The van der Waals surface area contributed by atoms with Gasteiger partial charge in [0, 0.05) is 12.6 Å². The summed E-state index contributed by atoms with van der Waals surface area (Å²) in [6.07, 6.45) is 2.46. The van der Waals surface area contributed by atoms with Crippen LogP contribution in [0.1, 0.15) is 29.9 Å². The number of benzene rings is 2. The molecule has 0 heterocycles. The Hall–Kier alpha value is -1.42. The summed E-state index contributed by atoms with van der Waals surface area (Å²) in [5.41, 5.74) is 2.82. The Morgan fingerprint density at radius 3 is 2.60 bits per heavy atom. The zero-order chi connectivity index (χ0) is 14.1. The summed E-state index contributed by atoms with van der Waals surface area (Å²) in [4.78, 5) is 0. The van der Waals surface area contributed by atoms with Crippen LogP contribution >= 0.6 is 15.9 Å². The Morgan fingerprint density at radius 1 is 1.10 bits per heavy atom. The first kappa shape index (κ1) is 13.6. The molecule has 2 aromatic carbocycles. The van der Waals surface area contributed by atoms with E-state index in [0.717, 1.165) is 6.07 Å². The molecule has 0 radical (unpaired) electrons. The molecule has 0 bridgehead atoms. The van der Waals surface area contributed by atoms with Crippen LogP contribution in [-0.4, -0.2) is 0 Å². The maximum atomic E-state index is 13.7. The smallest absolute Gasteiger partial charge is 0.149 e. The fourth-order valence-electron chi connectivity index (χ4n) is 2.34. The monoisotopic (exact) mass is 337 g/mol. The summed E-state index contributed by atoms with van der Waals surface area (Å²) in [5.74, 6) is -0.515. The molecule has 4 heteroatoms. The summed E-state index contributed by atoms with van der Waals surface area (Å²) in [5, 5.41) is 3.05. The molecule has 0 aliphatic heterocycles. The van der Waals surface area contributed by atoms with E-state index in [9.17, 15) is 8.78 Å². The Balaban J connectivity index is 1.78. The molecule has 1 fully saturated rings. The fourth-order valence-corrected chi connectivity index (χ4v) is 2.68. The second-order valence-corrected chi connectivity index (χ2v) is 5.93. The lowest BCUT2D eigenvalue weighted by molar-refractivity contribution is 0.580. The number of hydrogen-bond acceptors (Lipinski definition) is 1. The Morgan fingerprint density at radius 2 is 1.85 bits per heavy atom. The normalized spacial score (nSPS) is 14.3. The van der Waals surface area contributed by atoms with E-state index < -0.39 is 11.6 Å². The highest BCUT2D eigenvalue weighted by molar-refractivity contribution is 9.10. The van der Waals surface area contributed by atoms with Crippen LogP contribution in [0.2, 0.25) is 0 Å². The summed E-state index contributed by atoms with van der Waals surface area (Å²) in [6.45, 7) is 0.543. The lowest BCUT2D eigenvalue weighted by atomic mass is 10.0. The molecule has 0 amide bonds. The summed E-state index contributed by atoms with van der Waals surface area (Å²) in [7, 11) is 0. The van der Waals surface area contributed by atoms with Crippen molar-refractivity contribution in [3.05, 3.63) is 63.6 Å². The molecule has 20 heavy (non-hydrogen) atoms. The maximum absolute atomic E-state index is 13.7. The van der Waals surface area contributed by atoms with Gasteiger partial charge >= 0.3 is 0 Å². The quantitative estimate of drug-likeness (QED) is 0.754. The molecule has 1 N–H and O–H groups in total. The number of halogens is 3. The average Bonchev–Trinajstić information content (AvgIpc) is 3.26. The van der Waals surface area contributed by atoms with Crippen molar-refractivity contribution in [2.75, 3.05) is 5.32 Å². The highest BCUT2D eigenvalue weighted by Crippen LogP contribution is 2.41. The fraction of sp³-hybridized carbons (Fsp3) is 0.250. The first-order valence-electron chi connectivity index (χ1n) is 6.61. The molecule has 0 atom stereocenters. The minimum absolute atomic E-state index is 0.261. The van der Waals surface area contributed by atoms with Crippen molar-refractivity contribution in [3.63, 3.8) is 0 Å². The van der Waals surface area contributed by atoms with Crippen molar-refractivity contribution in [2.45, 2.75) is 25.3 Å². The van der Waals surface area contributed by atoms with Gasteiger partial charge in [-0.1, -0.05) is 24.3 Å². The van der Waals surface area contributed by atoms with Gasteiger partial charge in [0.2, 0.25) is 0 Å². The van der Waals surface area contributed by atoms with Gasteiger partial charge in [0.15, 0.2) is 0 Å². The lowest BCUT2D eigenvalue weighted by Crippen LogP contribution is -2.04. The van der Waals surface area contributed by atoms with Crippen LogP contribution < -0.4 is 5.32 Å². The first-order valence-corrected chi connectivity index (χ1v) is 7.40. The molecule has 0 spiro atoms. The van der Waals surface area contributed by atoms with Crippen LogP contribution in [0, 0.1) is 11.6 Å². The molecule has 0 saturated heterocycles. The minimum Gasteiger partial charge on any atom is -0.379 e. The van der Waals surface area contributed by atoms with Gasteiger partial charge in [-0.15, -0.1) is 0 Å². The van der Waals surface area contributed by atoms with Gasteiger partial charge < -0.3 is 5.32 Å². The van der Waals surface area contributed by atoms with Crippen LogP contribution in [0.15, 0.2) is 40.9 Å². The molecular formula is C16H14BrF2N. The molecule has 104 valence electrons. The SMILES string of the molecule is Fc1cc(F)c(NCc2ccccc2C2CC2)cc1Br. The van der Waals surface area contributed by atoms with Gasteiger partial charge in [-0.3, -0.25) is 0 Å². The second kappa shape index (κ2) is 5.52. The van der Waals surface area contributed by atoms with Crippen LogP contribution in [0.25, 0.3) is 0 Å². The van der Waals surface area contributed by atoms with Crippen LogP contribution in [0.3, 0.4) is 0 Å². The molecule has 3 rings (SSSR count). The topological polar surface area (TPSA) is 12.0 Å². The van der Waals surface area contributed by atoms with E-state index in [1.165, 1.54) is 30.0 Å². The Kier molecular flexibility index (Phi) is 3.74. The predicted molar refractivity (Wildman–Crippen MR) is 79.8 cm³/mol. The van der Waals surface area contributed by atoms with Crippen molar-refractivity contribution in [3.8, 4) is 0 Å². The predicted octanol–water partition coefficient (Wildman–Crippen LogP) is 5.22. The van der Waals surface area contributed by atoms with Crippen LogP contribution in [0.5, 0.6) is 0 Å². The van der Waals surface area contributed by atoms with Crippen molar-refractivity contribution in [2.24, 2.45) is 0 Å². The summed E-state index contributed by atoms with van der Waals surface area (Å²) >= 11 is 3.07. The standard InChI is InChI=1S/C16H14BrF2N/c17-13-7-16(15(19)8-14(13)18)20-9-11-3-1-2-4-12(11)10-5-6-10/h1-4,7-8,10,20H,5-6,9H2. The zero-order valence-corrected chi connectivity index (χ0v) is 12.4. The van der Waals surface area contributed by atoms with Gasteiger partial charge in [-0.25, -0.2) is 8.78 Å². The molecule has 1 aliphatic carbocycles. The number of anilines is 1. The van der Waals surface area contributed by atoms with E-state index in [1.54, 1.807) is 0 Å². The van der Waals surface area contributed by atoms with Gasteiger partial charge in [-0.2, -0.15) is 0 Å². The van der Waals surface area contributed by atoms with Crippen molar-refractivity contribution in [1.29, 1.82) is 0 Å². The maximum Gasteiger partial charge on any atom is 0.149 e. The lowest BCUT2D eigenvalue weighted by Gasteiger charge is -2.12. The van der Waals surface area contributed by atoms with E-state index in [4.69, 9.17) is 0 Å². The van der Waals surface area contributed by atoms with E-state index in [1.807, 2.05) is 12.1 Å². The molecular weight excluding hydrogens is 324 g/mol. The molecule has 1 nitrogen and oxygen atoms in total. The number of rotatable bonds is 4. The zero-order valence-electron chi connectivity index (χ0n) is 10.8. The first-order chi connectivity index (χ1) is 9.65. The largest absolute Gasteiger partial charge is 0.379 e. The van der Waals surface area contributed by atoms with Crippen LogP contribution in [-0.2, 0) is 6.54 Å². The average molecular weight is 338 g/mol. The number of hydrogen-bond donors (Lipinski definition) is 1. The molecule has 0 aromatic heterocycles. The van der Waals surface area contributed by atoms with Gasteiger partial charge in [0.05, 0.1) is 10.2 Å². The Labute approximate surface area is 125 Å². The molecule has 1 aliphatic rings. The van der Waals surface area contributed by atoms with Crippen molar-refractivity contribution in [1.82, 2.24) is 0 Å². The third kappa shape index (κ3) is 2.85. The molecule has 1 saturated carbocycles. The van der Waals surface area contributed by atoms with Crippen molar-refractivity contribution < 1.29 is 8.78 Å². The molecule has 0 unspecified atom stereocenters. The van der Waals surface area contributed by atoms with E-state index in [2.05, 4.69) is 33.4 Å². The summed E-state index contributed by atoms with van der Waals surface area (Å²) in [6, 6.07) is 10.5. The number of nitrogens with one attached hydrogen (secondary N) is 1. The highest BCUT2D eigenvalue weighted by Gasteiger charge is 2.25. The third-order valence-electron chi connectivity index (χ3n) is 3.55. The summed E-state index contributed by atoms with van der Waals surface area (Å²) < 4.78 is 27.1. The van der Waals surface area contributed by atoms with E-state index in [0.29, 0.717) is 18.2 Å².